The molecule has 11 heteroatoms. The summed E-state index contributed by atoms with van der Waals surface area (Å²) in [5.74, 6) is -27.0. The van der Waals surface area contributed by atoms with E-state index in [1.165, 1.54) is 0 Å². The van der Waals surface area contributed by atoms with E-state index < -0.39 is 85.9 Å². The van der Waals surface area contributed by atoms with E-state index in [2.05, 4.69) is 0 Å². The topological polar surface area (TPSA) is 0 Å². The van der Waals surface area contributed by atoms with Gasteiger partial charge in [0.2, 0.25) is 0 Å². The van der Waals surface area contributed by atoms with Crippen LogP contribution in [0.4, 0.5) is 48.3 Å². The molecule has 0 amide bonds. The summed E-state index contributed by atoms with van der Waals surface area (Å²) >= 11 is 0. The van der Waals surface area contributed by atoms with Crippen molar-refractivity contribution in [3.63, 3.8) is 0 Å². The van der Waals surface area contributed by atoms with Gasteiger partial charge in [0.15, 0.2) is 52.4 Å². The van der Waals surface area contributed by atoms with Gasteiger partial charge in [0.25, 0.3) is 0 Å². The zero-order valence-corrected chi connectivity index (χ0v) is 12.2. The first-order valence-electron chi connectivity index (χ1n) is 6.66. The van der Waals surface area contributed by atoms with E-state index in [9.17, 15) is 48.3 Å². The average Bonchev–Trinajstić information content (AvgIpc) is 2.61. The number of fused-ring (bicyclic) bond motifs is 1. The molecule has 0 N–H and O–H groups in total. The summed E-state index contributed by atoms with van der Waals surface area (Å²) in [4.78, 5) is 0. The molecule has 0 aliphatic carbocycles. The summed E-state index contributed by atoms with van der Waals surface area (Å²) in [5.41, 5.74) is -4.12. The molecule has 0 unspecified atom stereocenters. The maximum atomic E-state index is 14.5. The number of benzene rings is 3. The van der Waals surface area contributed by atoms with Crippen molar-refractivity contribution >= 4 is 10.8 Å². The maximum absolute atomic E-state index is 14.5. The predicted molar refractivity (Wildman–Crippen MR) is 68.9 cm³/mol. The lowest BCUT2D eigenvalue weighted by molar-refractivity contribution is 0.411. The number of hydrogen-bond acceptors (Lipinski definition) is 0. The molecule has 0 heterocycles. The average molecular weight is 402 g/mol. The van der Waals surface area contributed by atoms with Crippen LogP contribution in [0.15, 0.2) is 6.07 Å². The standard InChI is InChI=1S/C16HF11/c17-2-1-3(18)8(19)10(21)4(2)5-9(20)6-7(12(23)11(5)22)14(25)16(27)15(26)13(6)24/h1H. The molecule has 3 aromatic rings. The first-order chi connectivity index (χ1) is 12.5. The van der Waals surface area contributed by atoms with Gasteiger partial charge in [-0.3, -0.25) is 0 Å². The maximum Gasteiger partial charge on any atom is 0.198 e. The highest BCUT2D eigenvalue weighted by Gasteiger charge is 2.34. The summed E-state index contributed by atoms with van der Waals surface area (Å²) in [6, 6.07) is -0.350. The molecule has 0 atom stereocenters. The second-order valence-electron chi connectivity index (χ2n) is 5.17. The molecule has 0 saturated heterocycles. The molecule has 0 fully saturated rings. The third-order valence-electron chi connectivity index (χ3n) is 3.70. The smallest absolute Gasteiger partial charge is 0.198 e. The fourth-order valence-electron chi connectivity index (χ4n) is 2.50. The van der Waals surface area contributed by atoms with Crippen molar-refractivity contribution in [1.29, 1.82) is 0 Å². The van der Waals surface area contributed by atoms with Crippen LogP contribution in [0.25, 0.3) is 21.9 Å². The summed E-state index contributed by atoms with van der Waals surface area (Å²) in [6.07, 6.45) is 0. The molecule has 3 rings (SSSR count). The predicted octanol–water partition coefficient (Wildman–Crippen LogP) is 6.04. The van der Waals surface area contributed by atoms with Gasteiger partial charge in [0.05, 0.1) is 21.9 Å². The lowest BCUT2D eigenvalue weighted by Crippen LogP contribution is -2.08. The van der Waals surface area contributed by atoms with Crippen molar-refractivity contribution in [2.45, 2.75) is 0 Å². The first-order valence-corrected chi connectivity index (χ1v) is 6.66. The van der Waals surface area contributed by atoms with Crippen molar-refractivity contribution in [3.8, 4) is 11.1 Å². The normalized spacial score (nSPS) is 11.5. The van der Waals surface area contributed by atoms with E-state index >= 15 is 0 Å². The Hall–Kier alpha value is -2.85. The van der Waals surface area contributed by atoms with Crippen molar-refractivity contribution in [1.82, 2.24) is 0 Å². The molecule has 0 aliphatic rings. The fraction of sp³-hybridized carbons (Fsp3) is 0. The van der Waals surface area contributed by atoms with Crippen LogP contribution in [0.1, 0.15) is 0 Å². The highest BCUT2D eigenvalue weighted by Crippen LogP contribution is 2.40. The van der Waals surface area contributed by atoms with Crippen LogP contribution in [0.2, 0.25) is 0 Å². The molecule has 0 bridgehead atoms. The minimum absolute atomic E-state index is 0.350. The molecule has 3 aromatic carbocycles. The minimum Gasteiger partial charge on any atom is -0.206 e. The van der Waals surface area contributed by atoms with Crippen molar-refractivity contribution in [3.05, 3.63) is 70.1 Å². The molecule has 0 nitrogen and oxygen atoms in total. The lowest BCUT2D eigenvalue weighted by atomic mass is 9.96. The van der Waals surface area contributed by atoms with Gasteiger partial charge in [0, 0.05) is 6.07 Å². The highest BCUT2D eigenvalue weighted by molar-refractivity contribution is 5.90. The third kappa shape index (κ3) is 2.44. The van der Waals surface area contributed by atoms with E-state index in [1.54, 1.807) is 0 Å². The van der Waals surface area contributed by atoms with Crippen LogP contribution < -0.4 is 0 Å². The van der Waals surface area contributed by atoms with Gasteiger partial charge >= 0.3 is 0 Å². The van der Waals surface area contributed by atoms with Crippen LogP contribution >= 0.6 is 0 Å². The number of rotatable bonds is 1. The van der Waals surface area contributed by atoms with Gasteiger partial charge in [-0.2, -0.15) is 0 Å². The second-order valence-corrected chi connectivity index (χ2v) is 5.17. The number of halogens is 11. The summed E-state index contributed by atoms with van der Waals surface area (Å²) in [7, 11) is 0. The summed E-state index contributed by atoms with van der Waals surface area (Å²) in [5, 5.41) is -4.04. The Morgan fingerprint density at radius 1 is 0.333 bits per heavy atom. The monoisotopic (exact) mass is 402 g/mol. The summed E-state index contributed by atoms with van der Waals surface area (Å²) < 4.78 is 151. The molecule has 0 aliphatic heterocycles. The Morgan fingerprint density at radius 3 is 1.26 bits per heavy atom. The Kier molecular flexibility index (Phi) is 4.28. The molecule has 27 heavy (non-hydrogen) atoms. The van der Waals surface area contributed by atoms with Gasteiger partial charge in [-0.1, -0.05) is 0 Å². The van der Waals surface area contributed by atoms with Crippen molar-refractivity contribution < 1.29 is 48.3 Å². The van der Waals surface area contributed by atoms with E-state index in [-0.39, 0.29) is 6.07 Å². The van der Waals surface area contributed by atoms with E-state index in [0.29, 0.717) is 0 Å². The Balaban J connectivity index is 2.61. The Morgan fingerprint density at radius 2 is 0.741 bits per heavy atom. The van der Waals surface area contributed by atoms with Gasteiger partial charge in [-0.05, 0) is 0 Å². The quantitative estimate of drug-likeness (QED) is 0.265. The van der Waals surface area contributed by atoms with Crippen molar-refractivity contribution in [2.75, 3.05) is 0 Å². The van der Waals surface area contributed by atoms with Crippen LogP contribution in [-0.2, 0) is 0 Å². The second kappa shape index (κ2) is 6.10. The van der Waals surface area contributed by atoms with E-state index in [4.69, 9.17) is 0 Å². The van der Waals surface area contributed by atoms with Gasteiger partial charge < -0.3 is 0 Å². The van der Waals surface area contributed by atoms with E-state index in [0.717, 1.165) is 0 Å². The van der Waals surface area contributed by atoms with Gasteiger partial charge in [-0.25, -0.2) is 48.3 Å². The van der Waals surface area contributed by atoms with Gasteiger partial charge in [0.1, 0.15) is 11.6 Å². The summed E-state index contributed by atoms with van der Waals surface area (Å²) in [6.45, 7) is 0. The molecular weight excluding hydrogens is 401 g/mol. The minimum atomic E-state index is -2.62. The highest BCUT2D eigenvalue weighted by atomic mass is 19.2. The van der Waals surface area contributed by atoms with Crippen LogP contribution in [0.5, 0.6) is 0 Å². The van der Waals surface area contributed by atoms with Crippen LogP contribution in [-0.4, -0.2) is 0 Å². The zero-order chi connectivity index (χ0) is 20.4. The largest absolute Gasteiger partial charge is 0.206 e. The molecule has 0 aromatic heterocycles. The molecule has 142 valence electrons. The first kappa shape index (κ1) is 18.9. The zero-order valence-electron chi connectivity index (χ0n) is 12.2. The lowest BCUT2D eigenvalue weighted by Gasteiger charge is -2.14. The molecule has 0 spiro atoms. The number of hydrogen-bond donors (Lipinski definition) is 0. The molecular formula is C16HF11. The Labute approximate surface area is 141 Å². The van der Waals surface area contributed by atoms with Crippen LogP contribution in [0, 0.1) is 64.0 Å². The Bertz CT molecular complexity index is 1130. The van der Waals surface area contributed by atoms with Crippen molar-refractivity contribution in [2.24, 2.45) is 0 Å². The molecule has 0 radical (unpaired) electrons. The van der Waals surface area contributed by atoms with E-state index in [1.807, 2.05) is 0 Å². The fourth-order valence-corrected chi connectivity index (χ4v) is 2.50. The SMILES string of the molecule is Fc1cc(F)c(-c2c(F)c(F)c3c(F)c(F)c(F)c(F)c3c2F)c(F)c1F. The van der Waals surface area contributed by atoms with Crippen LogP contribution in [0.3, 0.4) is 0 Å². The third-order valence-corrected chi connectivity index (χ3v) is 3.70. The molecule has 0 saturated carbocycles. The van der Waals surface area contributed by atoms with Gasteiger partial charge in [-0.15, -0.1) is 0 Å².